The molecule has 104 valence electrons. The van der Waals surface area contributed by atoms with Crippen LogP contribution in [0.4, 0.5) is 5.82 Å². The van der Waals surface area contributed by atoms with Crippen molar-refractivity contribution in [3.05, 3.63) is 22.8 Å². The zero-order valence-electron chi connectivity index (χ0n) is 10.2. The summed E-state index contributed by atoms with van der Waals surface area (Å²) in [5, 5.41) is 12.0. The van der Waals surface area contributed by atoms with Gasteiger partial charge < -0.3 is 10.4 Å². The van der Waals surface area contributed by atoms with E-state index in [0.717, 1.165) is 0 Å². The van der Waals surface area contributed by atoms with Crippen LogP contribution in [0.25, 0.3) is 0 Å². The van der Waals surface area contributed by atoms with Crippen LogP contribution in [0.15, 0.2) is 12.1 Å². The second-order valence-electron chi connectivity index (χ2n) is 4.90. The van der Waals surface area contributed by atoms with E-state index in [2.05, 4.69) is 10.3 Å². The van der Waals surface area contributed by atoms with E-state index in [0.29, 0.717) is 6.42 Å². The molecule has 0 saturated carbocycles. The maximum atomic E-state index is 11.5. The van der Waals surface area contributed by atoms with Crippen molar-refractivity contribution in [3.8, 4) is 0 Å². The van der Waals surface area contributed by atoms with Gasteiger partial charge >= 0.3 is 5.97 Å². The number of hydrogen-bond acceptors (Lipinski definition) is 5. The molecule has 1 aliphatic heterocycles. The standard InChI is InChI=1S/C11H13ClN2O4S/c1-11(2-3-19(17,18)6-11)14-9-5-7(10(15)16)4-8(12)13-9/h4-5H,2-3,6H2,1H3,(H,13,14)(H,15,16). The van der Waals surface area contributed by atoms with E-state index in [-0.39, 0.29) is 28.0 Å². The molecule has 0 aromatic carbocycles. The third-order valence-corrected chi connectivity index (χ3v) is 5.07. The van der Waals surface area contributed by atoms with Crippen LogP contribution < -0.4 is 5.32 Å². The highest BCUT2D eigenvalue weighted by molar-refractivity contribution is 7.91. The molecular weight excluding hydrogens is 292 g/mol. The quantitative estimate of drug-likeness (QED) is 0.820. The molecule has 0 radical (unpaired) electrons. The first kappa shape index (κ1) is 14.1. The van der Waals surface area contributed by atoms with Crippen LogP contribution >= 0.6 is 11.6 Å². The van der Waals surface area contributed by atoms with Crippen molar-refractivity contribution >= 4 is 33.2 Å². The van der Waals surface area contributed by atoms with E-state index in [1.165, 1.54) is 12.1 Å². The Bertz CT molecular complexity index is 632. The minimum Gasteiger partial charge on any atom is -0.478 e. The molecule has 1 atom stereocenters. The molecule has 0 aliphatic carbocycles. The van der Waals surface area contributed by atoms with Crippen LogP contribution in [0.5, 0.6) is 0 Å². The van der Waals surface area contributed by atoms with Gasteiger partial charge in [0, 0.05) is 0 Å². The van der Waals surface area contributed by atoms with E-state index >= 15 is 0 Å². The van der Waals surface area contributed by atoms with Crippen molar-refractivity contribution < 1.29 is 18.3 Å². The van der Waals surface area contributed by atoms with E-state index in [1.807, 2.05) is 0 Å². The number of carbonyl (C=O) groups is 1. The highest BCUT2D eigenvalue weighted by Gasteiger charge is 2.38. The van der Waals surface area contributed by atoms with Gasteiger partial charge in [-0.1, -0.05) is 11.6 Å². The number of pyridine rings is 1. The molecule has 1 aromatic heterocycles. The monoisotopic (exact) mass is 304 g/mol. The lowest BCUT2D eigenvalue weighted by atomic mass is 10.0. The van der Waals surface area contributed by atoms with E-state index in [4.69, 9.17) is 16.7 Å². The molecule has 1 unspecified atom stereocenters. The van der Waals surface area contributed by atoms with Gasteiger partial charge in [-0.2, -0.15) is 0 Å². The second kappa shape index (κ2) is 4.64. The topological polar surface area (TPSA) is 96.4 Å². The molecule has 2 heterocycles. The third kappa shape index (κ3) is 3.36. The number of halogens is 1. The van der Waals surface area contributed by atoms with Crippen LogP contribution in [-0.2, 0) is 9.84 Å². The molecule has 1 fully saturated rings. The fourth-order valence-electron chi connectivity index (χ4n) is 2.10. The number of aromatic nitrogens is 1. The fraction of sp³-hybridized carbons (Fsp3) is 0.455. The Kier molecular flexibility index (Phi) is 3.44. The summed E-state index contributed by atoms with van der Waals surface area (Å²) in [4.78, 5) is 14.9. The molecule has 0 bridgehead atoms. The van der Waals surface area contributed by atoms with Gasteiger partial charge in [-0.3, -0.25) is 0 Å². The van der Waals surface area contributed by atoms with Gasteiger partial charge in [0.25, 0.3) is 0 Å². The number of nitrogens with zero attached hydrogens (tertiary/aromatic N) is 1. The SMILES string of the molecule is CC1(Nc2cc(C(=O)O)cc(Cl)n2)CCS(=O)(=O)C1. The van der Waals surface area contributed by atoms with Crippen molar-refractivity contribution in [3.63, 3.8) is 0 Å². The number of rotatable bonds is 3. The molecule has 1 aliphatic rings. The van der Waals surface area contributed by atoms with Crippen molar-refractivity contribution in [2.75, 3.05) is 16.8 Å². The summed E-state index contributed by atoms with van der Waals surface area (Å²) in [7, 11) is -3.05. The number of anilines is 1. The molecule has 0 spiro atoms. The molecule has 6 nitrogen and oxygen atoms in total. The van der Waals surface area contributed by atoms with Gasteiger partial charge in [-0.05, 0) is 25.5 Å². The summed E-state index contributed by atoms with van der Waals surface area (Å²) in [6.45, 7) is 1.76. The van der Waals surface area contributed by atoms with E-state index in [1.54, 1.807) is 6.92 Å². The average Bonchev–Trinajstić information content (AvgIpc) is 2.51. The number of nitrogens with one attached hydrogen (secondary N) is 1. The molecule has 0 amide bonds. The number of aromatic carboxylic acids is 1. The molecule has 8 heteroatoms. The minimum absolute atomic E-state index is 0.00337. The highest BCUT2D eigenvalue weighted by Crippen LogP contribution is 2.27. The molecular formula is C11H13ClN2O4S. The molecule has 2 N–H and O–H groups in total. The Labute approximate surface area is 115 Å². The molecule has 2 rings (SSSR count). The summed E-state index contributed by atoms with van der Waals surface area (Å²) in [6.07, 6.45) is 0.450. The first-order valence-electron chi connectivity index (χ1n) is 5.59. The largest absolute Gasteiger partial charge is 0.478 e. The number of carboxylic acids is 1. The Hall–Kier alpha value is -1.34. The van der Waals surface area contributed by atoms with Crippen LogP contribution in [0.3, 0.4) is 0 Å². The maximum Gasteiger partial charge on any atom is 0.335 e. The first-order valence-corrected chi connectivity index (χ1v) is 7.79. The minimum atomic E-state index is -3.05. The first-order chi connectivity index (χ1) is 8.69. The average molecular weight is 305 g/mol. The van der Waals surface area contributed by atoms with Gasteiger partial charge in [-0.25, -0.2) is 18.2 Å². The smallest absolute Gasteiger partial charge is 0.335 e. The molecule has 1 aromatic rings. The van der Waals surface area contributed by atoms with E-state index < -0.39 is 21.3 Å². The van der Waals surface area contributed by atoms with Crippen LogP contribution in [-0.4, -0.2) is 41.5 Å². The third-order valence-electron chi connectivity index (χ3n) is 2.97. The Morgan fingerprint density at radius 1 is 1.53 bits per heavy atom. The van der Waals surface area contributed by atoms with Gasteiger partial charge in [-0.15, -0.1) is 0 Å². The van der Waals surface area contributed by atoms with Gasteiger partial charge in [0.2, 0.25) is 0 Å². The summed E-state index contributed by atoms with van der Waals surface area (Å²) < 4.78 is 23.0. The van der Waals surface area contributed by atoms with Gasteiger partial charge in [0.05, 0.1) is 22.6 Å². The van der Waals surface area contributed by atoms with Crippen molar-refractivity contribution in [1.29, 1.82) is 0 Å². The Balaban J connectivity index is 2.27. The summed E-state index contributed by atoms with van der Waals surface area (Å²) >= 11 is 5.75. The maximum absolute atomic E-state index is 11.5. The summed E-state index contributed by atoms with van der Waals surface area (Å²) in [5.41, 5.74) is -0.640. The normalized spacial score (nSPS) is 25.2. The second-order valence-corrected chi connectivity index (χ2v) is 7.47. The fourth-order valence-corrected chi connectivity index (χ4v) is 4.40. The zero-order chi connectivity index (χ0) is 14.3. The predicted molar refractivity (Wildman–Crippen MR) is 71.5 cm³/mol. The van der Waals surface area contributed by atoms with Crippen molar-refractivity contribution in [2.24, 2.45) is 0 Å². The van der Waals surface area contributed by atoms with Crippen LogP contribution in [0.1, 0.15) is 23.7 Å². The van der Waals surface area contributed by atoms with Crippen LogP contribution in [0.2, 0.25) is 5.15 Å². The zero-order valence-corrected chi connectivity index (χ0v) is 11.8. The lowest BCUT2D eigenvalue weighted by Gasteiger charge is -2.24. The summed E-state index contributed by atoms with van der Waals surface area (Å²) in [6, 6.07) is 2.58. The van der Waals surface area contributed by atoms with Gasteiger partial charge in [0.15, 0.2) is 9.84 Å². The highest BCUT2D eigenvalue weighted by atomic mass is 35.5. The Morgan fingerprint density at radius 3 is 2.74 bits per heavy atom. The van der Waals surface area contributed by atoms with E-state index in [9.17, 15) is 13.2 Å². The number of carboxylic acid groups (broad SMARTS) is 1. The lowest BCUT2D eigenvalue weighted by Crippen LogP contribution is -2.36. The predicted octanol–water partition coefficient (Wildman–Crippen LogP) is 1.42. The lowest BCUT2D eigenvalue weighted by molar-refractivity contribution is 0.0696. The number of sulfone groups is 1. The molecule has 19 heavy (non-hydrogen) atoms. The number of hydrogen-bond donors (Lipinski definition) is 2. The Morgan fingerprint density at radius 2 is 2.21 bits per heavy atom. The van der Waals surface area contributed by atoms with Crippen LogP contribution in [0, 0.1) is 0 Å². The van der Waals surface area contributed by atoms with Crippen molar-refractivity contribution in [2.45, 2.75) is 18.9 Å². The summed E-state index contributed by atoms with van der Waals surface area (Å²) in [5.74, 6) is -0.736. The van der Waals surface area contributed by atoms with Crippen molar-refractivity contribution in [1.82, 2.24) is 4.98 Å². The molecule has 1 saturated heterocycles. The van der Waals surface area contributed by atoms with Gasteiger partial charge in [0.1, 0.15) is 11.0 Å².